The van der Waals surface area contributed by atoms with Gasteiger partial charge in [-0.15, -0.1) is 24.8 Å². The van der Waals surface area contributed by atoms with Crippen molar-refractivity contribution in [2.24, 2.45) is 0 Å². The molecule has 2 heterocycles. The molecule has 0 aliphatic rings. The fourth-order valence-electron chi connectivity index (χ4n) is 2.05. The first-order valence-corrected chi connectivity index (χ1v) is 6.30. The van der Waals surface area contributed by atoms with Crippen molar-refractivity contribution in [2.45, 2.75) is 20.4 Å². The van der Waals surface area contributed by atoms with Crippen molar-refractivity contribution in [1.29, 1.82) is 0 Å². The Morgan fingerprint density at radius 3 is 2.33 bits per heavy atom. The van der Waals surface area contributed by atoms with E-state index in [2.05, 4.69) is 51.9 Å². The van der Waals surface area contributed by atoms with E-state index >= 15 is 0 Å². The average Bonchev–Trinajstić information content (AvgIpc) is 3.01. The molecule has 0 unspecified atom stereocenters. The SMILES string of the molecule is Cc1ccc(-n2cnc(Cn3ccnc3C)c2)cc1.Cl.Cl. The predicted octanol–water partition coefficient (Wildman–Crippen LogP) is 3.58. The molecule has 0 aliphatic carbocycles. The quantitative estimate of drug-likeness (QED) is 0.738. The van der Waals surface area contributed by atoms with Crippen LogP contribution in [0.15, 0.2) is 49.2 Å². The van der Waals surface area contributed by atoms with E-state index in [1.165, 1.54) is 5.56 Å². The van der Waals surface area contributed by atoms with E-state index in [-0.39, 0.29) is 24.8 Å². The first kappa shape index (κ1) is 17.3. The maximum Gasteiger partial charge on any atom is 0.105 e. The van der Waals surface area contributed by atoms with E-state index < -0.39 is 0 Å². The van der Waals surface area contributed by atoms with E-state index in [1.54, 1.807) is 0 Å². The van der Waals surface area contributed by atoms with Gasteiger partial charge in [0, 0.05) is 24.3 Å². The van der Waals surface area contributed by atoms with Gasteiger partial charge >= 0.3 is 0 Å². The highest BCUT2D eigenvalue weighted by Gasteiger charge is 2.03. The highest BCUT2D eigenvalue weighted by atomic mass is 35.5. The van der Waals surface area contributed by atoms with Crippen molar-refractivity contribution in [2.75, 3.05) is 0 Å². The van der Waals surface area contributed by atoms with Crippen LogP contribution in [-0.4, -0.2) is 19.1 Å². The fourth-order valence-corrected chi connectivity index (χ4v) is 2.05. The van der Waals surface area contributed by atoms with Gasteiger partial charge in [0.2, 0.25) is 0 Å². The number of rotatable bonds is 3. The molecule has 3 rings (SSSR count). The molecule has 0 spiro atoms. The van der Waals surface area contributed by atoms with Crippen LogP contribution in [0.4, 0.5) is 0 Å². The Labute approximate surface area is 136 Å². The molecule has 1 aromatic carbocycles. The maximum atomic E-state index is 4.45. The lowest BCUT2D eigenvalue weighted by Gasteiger charge is -2.03. The number of benzene rings is 1. The van der Waals surface area contributed by atoms with Crippen molar-refractivity contribution < 1.29 is 0 Å². The van der Waals surface area contributed by atoms with Gasteiger partial charge in [-0.2, -0.15) is 0 Å². The van der Waals surface area contributed by atoms with E-state index in [0.717, 1.165) is 23.8 Å². The molecule has 0 radical (unpaired) electrons. The largest absolute Gasteiger partial charge is 0.329 e. The summed E-state index contributed by atoms with van der Waals surface area (Å²) < 4.78 is 4.13. The van der Waals surface area contributed by atoms with Crippen molar-refractivity contribution in [3.05, 3.63) is 66.3 Å². The van der Waals surface area contributed by atoms with Crippen LogP contribution in [0.2, 0.25) is 0 Å². The van der Waals surface area contributed by atoms with Crippen molar-refractivity contribution in [1.82, 2.24) is 19.1 Å². The van der Waals surface area contributed by atoms with Crippen LogP contribution < -0.4 is 0 Å². The summed E-state index contributed by atoms with van der Waals surface area (Å²) >= 11 is 0. The van der Waals surface area contributed by atoms with Crippen LogP contribution >= 0.6 is 24.8 Å². The third-order valence-corrected chi connectivity index (χ3v) is 3.22. The molecule has 6 heteroatoms. The molecule has 0 saturated carbocycles. The number of nitrogens with zero attached hydrogens (tertiary/aromatic N) is 4. The normalized spacial score (nSPS) is 9.81. The summed E-state index contributed by atoms with van der Waals surface area (Å²) in [6, 6.07) is 8.41. The number of imidazole rings is 2. The number of halogens is 2. The van der Waals surface area contributed by atoms with Crippen LogP contribution in [0, 0.1) is 13.8 Å². The minimum absolute atomic E-state index is 0. The van der Waals surface area contributed by atoms with Crippen LogP contribution in [0.25, 0.3) is 5.69 Å². The predicted molar refractivity (Wildman–Crippen MR) is 88.9 cm³/mol. The molecule has 3 aromatic rings. The molecule has 0 aliphatic heterocycles. The molecule has 0 bridgehead atoms. The summed E-state index contributed by atoms with van der Waals surface area (Å²) in [6.07, 6.45) is 7.70. The van der Waals surface area contributed by atoms with Gasteiger partial charge in [-0.25, -0.2) is 9.97 Å². The second kappa shape index (κ2) is 7.29. The highest BCUT2D eigenvalue weighted by Crippen LogP contribution is 2.11. The van der Waals surface area contributed by atoms with Gasteiger partial charge in [-0.3, -0.25) is 0 Å². The van der Waals surface area contributed by atoms with E-state index in [1.807, 2.05) is 30.2 Å². The van der Waals surface area contributed by atoms with Crippen molar-refractivity contribution in [3.63, 3.8) is 0 Å². The van der Waals surface area contributed by atoms with E-state index in [9.17, 15) is 0 Å². The van der Waals surface area contributed by atoms with Crippen LogP contribution in [0.1, 0.15) is 17.1 Å². The van der Waals surface area contributed by atoms with Crippen LogP contribution in [0.5, 0.6) is 0 Å². The Morgan fingerprint density at radius 1 is 1.00 bits per heavy atom. The smallest absolute Gasteiger partial charge is 0.105 e. The molecular weight excluding hydrogens is 307 g/mol. The molecule has 2 aromatic heterocycles. The van der Waals surface area contributed by atoms with Crippen LogP contribution in [-0.2, 0) is 6.54 Å². The molecule has 21 heavy (non-hydrogen) atoms. The monoisotopic (exact) mass is 324 g/mol. The Hall–Kier alpha value is -1.78. The van der Waals surface area contributed by atoms with Gasteiger partial charge in [0.25, 0.3) is 0 Å². The highest BCUT2D eigenvalue weighted by molar-refractivity contribution is 5.85. The zero-order valence-electron chi connectivity index (χ0n) is 11.9. The summed E-state index contributed by atoms with van der Waals surface area (Å²) in [5.41, 5.74) is 3.42. The molecule has 4 nitrogen and oxygen atoms in total. The number of hydrogen-bond donors (Lipinski definition) is 0. The second-order valence-electron chi connectivity index (χ2n) is 4.71. The molecular formula is C15H18Cl2N4. The molecule has 0 amide bonds. The maximum absolute atomic E-state index is 4.45. The van der Waals surface area contributed by atoms with Crippen molar-refractivity contribution in [3.8, 4) is 5.69 Å². The summed E-state index contributed by atoms with van der Waals surface area (Å²) in [5.74, 6) is 1.00. The Bertz CT molecular complexity index is 686. The number of hydrogen-bond acceptors (Lipinski definition) is 2. The van der Waals surface area contributed by atoms with Gasteiger partial charge in [-0.1, -0.05) is 17.7 Å². The fraction of sp³-hybridized carbons (Fsp3) is 0.200. The molecule has 0 saturated heterocycles. The Morgan fingerprint density at radius 2 is 1.71 bits per heavy atom. The minimum Gasteiger partial charge on any atom is -0.329 e. The van der Waals surface area contributed by atoms with E-state index in [4.69, 9.17) is 0 Å². The van der Waals surface area contributed by atoms with Crippen molar-refractivity contribution >= 4 is 24.8 Å². The van der Waals surface area contributed by atoms with Crippen LogP contribution in [0.3, 0.4) is 0 Å². The second-order valence-corrected chi connectivity index (χ2v) is 4.71. The standard InChI is InChI=1S/C15H16N4.2ClH/c1-12-3-5-15(6-4-12)19-10-14(17-11-19)9-18-8-7-16-13(18)2;;/h3-8,10-11H,9H2,1-2H3;2*1H. The summed E-state index contributed by atoms with van der Waals surface area (Å²) in [5, 5.41) is 0. The van der Waals surface area contributed by atoms with Gasteiger partial charge in [0.15, 0.2) is 0 Å². The lowest BCUT2D eigenvalue weighted by atomic mass is 10.2. The first-order chi connectivity index (χ1) is 9.22. The topological polar surface area (TPSA) is 35.6 Å². The Kier molecular flexibility index (Phi) is 6.00. The van der Waals surface area contributed by atoms with Gasteiger partial charge in [0.05, 0.1) is 18.6 Å². The first-order valence-electron chi connectivity index (χ1n) is 6.30. The zero-order chi connectivity index (χ0) is 13.2. The van der Waals surface area contributed by atoms with E-state index in [0.29, 0.717) is 0 Å². The third-order valence-electron chi connectivity index (χ3n) is 3.22. The lowest BCUT2D eigenvalue weighted by Crippen LogP contribution is -2.00. The minimum atomic E-state index is 0. The third kappa shape index (κ3) is 3.86. The number of aryl methyl sites for hydroxylation is 2. The molecule has 0 atom stereocenters. The van der Waals surface area contributed by atoms with Gasteiger partial charge in [0.1, 0.15) is 5.82 Å². The lowest BCUT2D eigenvalue weighted by molar-refractivity contribution is 0.746. The average molecular weight is 325 g/mol. The molecule has 0 N–H and O–H groups in total. The zero-order valence-corrected chi connectivity index (χ0v) is 13.6. The van der Waals surface area contributed by atoms with Gasteiger partial charge < -0.3 is 9.13 Å². The molecule has 0 fully saturated rings. The van der Waals surface area contributed by atoms with Gasteiger partial charge in [-0.05, 0) is 26.0 Å². The number of aromatic nitrogens is 4. The molecule has 112 valence electrons. The summed E-state index contributed by atoms with van der Waals surface area (Å²) in [7, 11) is 0. The summed E-state index contributed by atoms with van der Waals surface area (Å²) in [4.78, 5) is 8.66. The Balaban J connectivity index is 0.00000110. The summed E-state index contributed by atoms with van der Waals surface area (Å²) in [6.45, 7) is 4.84.